The van der Waals surface area contributed by atoms with Crippen molar-refractivity contribution in [2.45, 2.75) is 23.3 Å². The number of hydrogen-bond acceptors (Lipinski definition) is 1. The van der Waals surface area contributed by atoms with E-state index in [0.717, 1.165) is 6.07 Å². The summed E-state index contributed by atoms with van der Waals surface area (Å²) in [6, 6.07) is 3.73. The Kier molecular flexibility index (Phi) is 4.77. The number of Topliss-reactive ketones (excluding diaryl/α,β-unsaturated/α-hetero) is 1. The Morgan fingerprint density at radius 1 is 1.41 bits per heavy atom. The molecule has 1 aromatic rings. The van der Waals surface area contributed by atoms with Crippen molar-refractivity contribution in [3.05, 3.63) is 34.9 Å². The van der Waals surface area contributed by atoms with Crippen LogP contribution in [0.15, 0.2) is 18.2 Å². The molecule has 0 fully saturated rings. The molecular formula is C11H9Br2F3O. The first-order chi connectivity index (χ1) is 7.79. The van der Waals surface area contributed by atoms with E-state index in [4.69, 9.17) is 0 Å². The number of halogens is 5. The van der Waals surface area contributed by atoms with E-state index in [1.165, 1.54) is 19.1 Å². The molecule has 0 bridgehead atoms. The molecule has 0 aliphatic heterocycles. The lowest BCUT2D eigenvalue weighted by molar-refractivity contribution is -0.137. The third-order valence-corrected chi connectivity index (χ3v) is 3.23. The molecule has 0 saturated heterocycles. The lowest BCUT2D eigenvalue weighted by Crippen LogP contribution is -2.19. The first kappa shape index (κ1) is 14.7. The number of hydrogen-bond donors (Lipinski definition) is 0. The number of carbonyl (C=O) groups is 1. The molecule has 0 aromatic heterocycles. The molecule has 1 unspecified atom stereocenters. The quantitative estimate of drug-likeness (QED) is 0.560. The predicted octanol–water partition coefficient (Wildman–Crippen LogP) is 4.57. The van der Waals surface area contributed by atoms with Crippen LogP contribution < -0.4 is 0 Å². The first-order valence-electron chi connectivity index (χ1n) is 4.72. The largest absolute Gasteiger partial charge is 0.417 e. The number of alkyl halides is 5. The molecule has 0 amide bonds. The normalized spacial score (nSPS) is 13.5. The van der Waals surface area contributed by atoms with E-state index < -0.39 is 22.4 Å². The van der Waals surface area contributed by atoms with Crippen LogP contribution in [0.5, 0.6) is 0 Å². The van der Waals surface area contributed by atoms with E-state index in [0.29, 0.717) is 5.56 Å². The molecule has 17 heavy (non-hydrogen) atoms. The fraction of sp³-hybridized carbons (Fsp3) is 0.364. The Bertz CT molecular complexity index is 427. The minimum Gasteiger partial charge on any atom is -0.293 e. The van der Waals surface area contributed by atoms with Crippen LogP contribution in [0.3, 0.4) is 0 Å². The van der Waals surface area contributed by atoms with Gasteiger partial charge in [0, 0.05) is 10.9 Å². The van der Waals surface area contributed by atoms with Gasteiger partial charge in [-0.1, -0.05) is 44.0 Å². The summed E-state index contributed by atoms with van der Waals surface area (Å²) in [6.45, 7) is 1.51. The molecular weight excluding hydrogens is 365 g/mol. The van der Waals surface area contributed by atoms with E-state index in [1.54, 1.807) is 0 Å². The molecule has 0 N–H and O–H groups in total. The lowest BCUT2D eigenvalue weighted by atomic mass is 9.96. The van der Waals surface area contributed by atoms with Gasteiger partial charge in [0.05, 0.1) is 10.4 Å². The van der Waals surface area contributed by atoms with Gasteiger partial charge in [0.2, 0.25) is 0 Å². The van der Waals surface area contributed by atoms with Gasteiger partial charge in [0.1, 0.15) is 0 Å². The number of ketones is 1. The van der Waals surface area contributed by atoms with E-state index in [1.807, 2.05) is 0 Å². The molecule has 6 heteroatoms. The summed E-state index contributed by atoms with van der Waals surface area (Å²) in [7, 11) is 0. The summed E-state index contributed by atoms with van der Waals surface area (Å²) in [5.41, 5.74) is -0.803. The second-order valence-electron chi connectivity index (χ2n) is 3.45. The summed E-state index contributed by atoms with van der Waals surface area (Å²) < 4.78 is 38.4. The van der Waals surface area contributed by atoms with E-state index >= 15 is 0 Å². The van der Waals surface area contributed by atoms with Crippen LogP contribution in [0.1, 0.15) is 28.4 Å². The minimum atomic E-state index is -4.52. The van der Waals surface area contributed by atoms with Crippen LogP contribution in [0.2, 0.25) is 0 Å². The summed E-state index contributed by atoms with van der Waals surface area (Å²) in [5, 5.41) is 0.206. The van der Waals surface area contributed by atoms with Crippen molar-refractivity contribution in [2.75, 3.05) is 0 Å². The Morgan fingerprint density at radius 3 is 2.41 bits per heavy atom. The topological polar surface area (TPSA) is 17.1 Å². The van der Waals surface area contributed by atoms with Gasteiger partial charge in [-0.05, 0) is 18.6 Å². The van der Waals surface area contributed by atoms with Gasteiger partial charge in [-0.25, -0.2) is 0 Å². The molecule has 0 saturated carbocycles. The van der Waals surface area contributed by atoms with Crippen molar-refractivity contribution in [1.29, 1.82) is 0 Å². The van der Waals surface area contributed by atoms with Crippen LogP contribution in [0, 0.1) is 0 Å². The monoisotopic (exact) mass is 372 g/mol. The van der Waals surface area contributed by atoms with Gasteiger partial charge in [0.15, 0.2) is 5.78 Å². The summed E-state index contributed by atoms with van der Waals surface area (Å²) in [4.78, 5) is 11.2. The van der Waals surface area contributed by atoms with Gasteiger partial charge in [-0.15, -0.1) is 0 Å². The Labute approximate surface area is 114 Å². The summed E-state index contributed by atoms with van der Waals surface area (Å²) in [6.07, 6.45) is -4.52. The standard InChI is InChI=1S/C11H9Br2F3O/c1-6(13)10(17)9-7(5-12)3-2-4-8(9)11(14,15)16/h2-4,6H,5H2,1H3. The highest BCUT2D eigenvalue weighted by atomic mass is 79.9. The average Bonchev–Trinajstić information content (AvgIpc) is 2.25. The highest BCUT2D eigenvalue weighted by Crippen LogP contribution is 2.35. The molecule has 0 aliphatic carbocycles. The average molecular weight is 374 g/mol. The molecule has 0 radical (unpaired) electrons. The van der Waals surface area contributed by atoms with Crippen LogP contribution in [0.4, 0.5) is 13.2 Å². The highest BCUT2D eigenvalue weighted by molar-refractivity contribution is 9.10. The fourth-order valence-electron chi connectivity index (χ4n) is 1.44. The predicted molar refractivity (Wildman–Crippen MR) is 66.8 cm³/mol. The molecule has 0 spiro atoms. The van der Waals surface area contributed by atoms with Crippen LogP contribution in [-0.4, -0.2) is 10.6 Å². The van der Waals surface area contributed by atoms with Gasteiger partial charge in [0.25, 0.3) is 0 Å². The molecule has 1 rings (SSSR count). The van der Waals surface area contributed by atoms with Crippen LogP contribution in [-0.2, 0) is 11.5 Å². The smallest absolute Gasteiger partial charge is 0.293 e. The minimum absolute atomic E-state index is 0.206. The lowest BCUT2D eigenvalue weighted by Gasteiger charge is -2.16. The molecule has 1 aromatic carbocycles. The van der Waals surface area contributed by atoms with E-state index in [9.17, 15) is 18.0 Å². The fourth-order valence-corrected chi connectivity index (χ4v) is 2.13. The maximum atomic E-state index is 12.8. The molecule has 1 nitrogen and oxygen atoms in total. The van der Waals surface area contributed by atoms with Gasteiger partial charge < -0.3 is 0 Å². The van der Waals surface area contributed by atoms with Gasteiger partial charge in [-0.3, -0.25) is 4.79 Å². The zero-order valence-corrected chi connectivity index (χ0v) is 12.0. The van der Waals surface area contributed by atoms with Gasteiger partial charge >= 0.3 is 6.18 Å². The molecule has 0 heterocycles. The maximum Gasteiger partial charge on any atom is 0.417 e. The zero-order valence-electron chi connectivity index (χ0n) is 8.81. The second kappa shape index (κ2) is 5.52. The van der Waals surface area contributed by atoms with E-state index in [-0.39, 0.29) is 10.9 Å². The summed E-state index contributed by atoms with van der Waals surface area (Å²) >= 11 is 6.10. The number of benzene rings is 1. The third kappa shape index (κ3) is 3.31. The van der Waals surface area contributed by atoms with Crippen LogP contribution in [0.25, 0.3) is 0 Å². The Morgan fingerprint density at radius 2 is 2.00 bits per heavy atom. The van der Waals surface area contributed by atoms with Crippen molar-refractivity contribution in [3.8, 4) is 0 Å². The highest BCUT2D eigenvalue weighted by Gasteiger charge is 2.36. The Balaban J connectivity index is 3.47. The Hall–Kier alpha value is -0.360. The SMILES string of the molecule is CC(Br)C(=O)c1c(CBr)cccc1C(F)(F)F. The maximum absolute atomic E-state index is 12.8. The van der Waals surface area contributed by atoms with Crippen molar-refractivity contribution in [1.82, 2.24) is 0 Å². The molecule has 94 valence electrons. The van der Waals surface area contributed by atoms with Crippen molar-refractivity contribution < 1.29 is 18.0 Å². The van der Waals surface area contributed by atoms with Gasteiger partial charge in [-0.2, -0.15) is 13.2 Å². The van der Waals surface area contributed by atoms with Crippen LogP contribution >= 0.6 is 31.9 Å². The van der Waals surface area contributed by atoms with Crippen molar-refractivity contribution >= 4 is 37.6 Å². The molecule has 0 aliphatic rings. The molecule has 1 atom stereocenters. The first-order valence-corrected chi connectivity index (χ1v) is 6.76. The number of rotatable bonds is 3. The van der Waals surface area contributed by atoms with Crippen molar-refractivity contribution in [3.63, 3.8) is 0 Å². The van der Waals surface area contributed by atoms with E-state index in [2.05, 4.69) is 31.9 Å². The second-order valence-corrected chi connectivity index (χ2v) is 5.39. The third-order valence-electron chi connectivity index (χ3n) is 2.21. The summed E-state index contributed by atoms with van der Waals surface area (Å²) in [5.74, 6) is -0.563. The number of carbonyl (C=O) groups excluding carboxylic acids is 1. The van der Waals surface area contributed by atoms with Crippen molar-refractivity contribution in [2.24, 2.45) is 0 Å². The zero-order chi connectivity index (χ0) is 13.2.